The third-order valence-corrected chi connectivity index (χ3v) is 2.91. The van der Waals surface area contributed by atoms with E-state index in [4.69, 9.17) is 14.6 Å². The fourth-order valence-electron chi connectivity index (χ4n) is 1.82. The van der Waals surface area contributed by atoms with Crippen LogP contribution < -0.4 is 0 Å². The van der Waals surface area contributed by atoms with Crippen molar-refractivity contribution in [2.24, 2.45) is 0 Å². The minimum Gasteiger partial charge on any atom is -0.506 e. The van der Waals surface area contributed by atoms with Gasteiger partial charge in [-0.05, 0) is 18.6 Å². The Labute approximate surface area is 130 Å². The lowest BCUT2D eigenvalue weighted by molar-refractivity contribution is -0.137. The highest BCUT2D eigenvalue weighted by atomic mass is 19.4. The molecule has 0 bridgehead atoms. The SMILES string of the molecule is C1COCCO1.Cc1cc(O)cnc1-n1cc(C(F)(F)F)cn1. The first-order chi connectivity index (χ1) is 10.9. The molecule has 0 atom stereocenters. The first kappa shape index (κ1) is 17.2. The Morgan fingerprint density at radius 2 is 1.74 bits per heavy atom. The Morgan fingerprint density at radius 1 is 1.13 bits per heavy atom. The molecule has 23 heavy (non-hydrogen) atoms. The molecule has 1 N–H and O–H groups in total. The van der Waals surface area contributed by atoms with Crippen molar-refractivity contribution in [3.8, 4) is 11.6 Å². The molecule has 2 aromatic heterocycles. The second-order valence-corrected chi connectivity index (χ2v) is 4.73. The van der Waals surface area contributed by atoms with Crippen molar-refractivity contribution < 1.29 is 27.8 Å². The van der Waals surface area contributed by atoms with Crippen molar-refractivity contribution in [2.45, 2.75) is 13.1 Å². The van der Waals surface area contributed by atoms with Gasteiger partial charge in [0.1, 0.15) is 5.75 Å². The monoisotopic (exact) mass is 331 g/mol. The van der Waals surface area contributed by atoms with Gasteiger partial charge in [-0.15, -0.1) is 0 Å². The zero-order valence-corrected chi connectivity index (χ0v) is 12.4. The summed E-state index contributed by atoms with van der Waals surface area (Å²) in [5.41, 5.74) is -0.311. The van der Waals surface area contributed by atoms with E-state index in [2.05, 4.69) is 10.1 Å². The summed E-state index contributed by atoms with van der Waals surface area (Å²) in [5.74, 6) is 0.202. The van der Waals surface area contributed by atoms with Crippen molar-refractivity contribution >= 4 is 0 Å². The lowest BCUT2D eigenvalue weighted by Gasteiger charge is -2.09. The van der Waals surface area contributed by atoms with Crippen LogP contribution in [0.4, 0.5) is 13.2 Å². The Morgan fingerprint density at radius 3 is 2.17 bits per heavy atom. The van der Waals surface area contributed by atoms with Crippen LogP contribution in [-0.2, 0) is 15.7 Å². The first-order valence-corrected chi connectivity index (χ1v) is 6.81. The summed E-state index contributed by atoms with van der Waals surface area (Å²) >= 11 is 0. The molecular weight excluding hydrogens is 315 g/mol. The summed E-state index contributed by atoms with van der Waals surface area (Å²) in [6.45, 7) is 4.73. The molecule has 126 valence electrons. The predicted octanol–water partition coefficient (Wildman–Crippen LogP) is 2.33. The lowest BCUT2D eigenvalue weighted by atomic mass is 10.3. The van der Waals surface area contributed by atoms with E-state index in [0.29, 0.717) is 5.56 Å². The summed E-state index contributed by atoms with van der Waals surface area (Å²) in [7, 11) is 0. The molecule has 1 aliphatic heterocycles. The number of ether oxygens (including phenoxy) is 2. The van der Waals surface area contributed by atoms with Crippen molar-refractivity contribution in [1.29, 1.82) is 0 Å². The standard InChI is InChI=1S/C10H8F3N3O.C4H8O2/c1-6-2-8(17)4-14-9(6)16-5-7(3-15-16)10(11,12)13;1-2-6-4-3-5-1/h2-5,17H,1H3;1-4H2. The van der Waals surface area contributed by atoms with Crippen LogP contribution in [0.25, 0.3) is 5.82 Å². The van der Waals surface area contributed by atoms with Gasteiger partial charge in [-0.3, -0.25) is 0 Å². The molecule has 0 spiro atoms. The smallest absolute Gasteiger partial charge is 0.419 e. The molecule has 1 aliphatic rings. The molecule has 0 aromatic carbocycles. The van der Waals surface area contributed by atoms with Crippen molar-refractivity contribution in [1.82, 2.24) is 14.8 Å². The van der Waals surface area contributed by atoms with Gasteiger partial charge in [0.25, 0.3) is 0 Å². The fourth-order valence-corrected chi connectivity index (χ4v) is 1.82. The number of aryl methyl sites for hydroxylation is 1. The van der Waals surface area contributed by atoms with Crippen molar-refractivity contribution in [2.75, 3.05) is 26.4 Å². The number of alkyl halides is 3. The Hall–Kier alpha value is -2.13. The molecule has 3 heterocycles. The second kappa shape index (κ2) is 7.42. The molecule has 2 aromatic rings. The first-order valence-electron chi connectivity index (χ1n) is 6.81. The largest absolute Gasteiger partial charge is 0.506 e. The average Bonchev–Trinajstić information content (AvgIpc) is 2.99. The molecule has 1 fully saturated rings. The van der Waals surface area contributed by atoms with Crippen LogP contribution in [0.15, 0.2) is 24.7 Å². The summed E-state index contributed by atoms with van der Waals surface area (Å²) in [5, 5.41) is 12.7. The zero-order chi connectivity index (χ0) is 16.9. The molecule has 1 saturated heterocycles. The minimum absolute atomic E-state index is 0.0468. The molecule has 3 rings (SSSR count). The van der Waals surface area contributed by atoms with Crippen LogP contribution >= 0.6 is 0 Å². The predicted molar refractivity (Wildman–Crippen MR) is 74.4 cm³/mol. The Kier molecular flexibility index (Phi) is 5.56. The van der Waals surface area contributed by atoms with E-state index in [-0.39, 0.29) is 11.6 Å². The van der Waals surface area contributed by atoms with Crippen LogP contribution in [0.5, 0.6) is 5.75 Å². The summed E-state index contributed by atoms with van der Waals surface area (Å²) in [4.78, 5) is 3.83. The molecular formula is C14H16F3N3O3. The molecule has 0 unspecified atom stereocenters. The van der Waals surface area contributed by atoms with Crippen molar-refractivity contribution in [3.05, 3.63) is 35.8 Å². The van der Waals surface area contributed by atoms with Gasteiger partial charge in [0.2, 0.25) is 0 Å². The fraction of sp³-hybridized carbons (Fsp3) is 0.429. The van der Waals surface area contributed by atoms with E-state index in [0.717, 1.165) is 49.7 Å². The molecule has 0 saturated carbocycles. The van der Waals surface area contributed by atoms with Gasteiger partial charge < -0.3 is 14.6 Å². The lowest BCUT2D eigenvalue weighted by Crippen LogP contribution is -2.16. The highest BCUT2D eigenvalue weighted by molar-refractivity contribution is 5.37. The van der Waals surface area contributed by atoms with E-state index >= 15 is 0 Å². The van der Waals surface area contributed by atoms with E-state index in [9.17, 15) is 13.2 Å². The van der Waals surface area contributed by atoms with Gasteiger partial charge in [-0.2, -0.15) is 18.3 Å². The van der Waals surface area contributed by atoms with Crippen LogP contribution in [0.2, 0.25) is 0 Å². The maximum Gasteiger partial charge on any atom is 0.419 e. The Balaban J connectivity index is 0.000000268. The number of halogens is 3. The number of nitrogens with zero attached hydrogens (tertiary/aromatic N) is 3. The van der Waals surface area contributed by atoms with E-state index in [1.165, 1.54) is 6.07 Å². The average molecular weight is 331 g/mol. The second-order valence-electron chi connectivity index (χ2n) is 4.73. The molecule has 0 radical (unpaired) electrons. The van der Waals surface area contributed by atoms with Gasteiger partial charge >= 0.3 is 6.18 Å². The third-order valence-electron chi connectivity index (χ3n) is 2.91. The van der Waals surface area contributed by atoms with Gasteiger partial charge in [-0.1, -0.05) is 0 Å². The molecule has 9 heteroatoms. The van der Waals surface area contributed by atoms with E-state index in [1.54, 1.807) is 6.92 Å². The number of hydrogen-bond acceptors (Lipinski definition) is 5. The summed E-state index contributed by atoms with van der Waals surface area (Å²) in [6.07, 6.45) is -1.69. The third kappa shape index (κ3) is 4.93. The molecule has 6 nitrogen and oxygen atoms in total. The number of pyridine rings is 1. The maximum absolute atomic E-state index is 12.4. The highest BCUT2D eigenvalue weighted by Gasteiger charge is 2.32. The van der Waals surface area contributed by atoms with Gasteiger partial charge in [0.05, 0.1) is 44.4 Å². The topological polar surface area (TPSA) is 69.4 Å². The van der Waals surface area contributed by atoms with Gasteiger partial charge in [-0.25, -0.2) is 9.67 Å². The van der Waals surface area contributed by atoms with Gasteiger partial charge in [0, 0.05) is 6.20 Å². The molecule has 0 amide bonds. The number of hydrogen-bond donors (Lipinski definition) is 1. The van der Waals surface area contributed by atoms with E-state index in [1.807, 2.05) is 0 Å². The van der Waals surface area contributed by atoms with Crippen LogP contribution in [0, 0.1) is 6.92 Å². The number of aromatic hydroxyl groups is 1. The van der Waals surface area contributed by atoms with Crippen LogP contribution in [0.3, 0.4) is 0 Å². The van der Waals surface area contributed by atoms with E-state index < -0.39 is 11.7 Å². The van der Waals surface area contributed by atoms with Crippen LogP contribution in [-0.4, -0.2) is 46.3 Å². The van der Waals surface area contributed by atoms with Crippen molar-refractivity contribution in [3.63, 3.8) is 0 Å². The number of aromatic nitrogens is 3. The Bertz CT molecular complexity index is 628. The zero-order valence-electron chi connectivity index (χ0n) is 12.4. The molecule has 0 aliphatic carbocycles. The normalized spacial score (nSPS) is 15.0. The van der Waals surface area contributed by atoms with Gasteiger partial charge in [0.15, 0.2) is 5.82 Å². The highest BCUT2D eigenvalue weighted by Crippen LogP contribution is 2.29. The minimum atomic E-state index is -4.43. The summed E-state index contributed by atoms with van der Waals surface area (Å²) < 4.78 is 48.0. The quantitative estimate of drug-likeness (QED) is 0.868. The number of rotatable bonds is 1. The van der Waals surface area contributed by atoms with Crippen LogP contribution in [0.1, 0.15) is 11.1 Å². The summed E-state index contributed by atoms with van der Waals surface area (Å²) in [6, 6.07) is 1.40. The maximum atomic E-state index is 12.4.